The summed E-state index contributed by atoms with van der Waals surface area (Å²) >= 11 is 1.44. The van der Waals surface area contributed by atoms with E-state index in [0.717, 1.165) is 0 Å². The van der Waals surface area contributed by atoms with Gasteiger partial charge >= 0.3 is 0 Å². The summed E-state index contributed by atoms with van der Waals surface area (Å²) < 4.78 is 0. The first-order valence-corrected chi connectivity index (χ1v) is 5.63. The van der Waals surface area contributed by atoms with Gasteiger partial charge in [-0.1, -0.05) is 11.8 Å². The Morgan fingerprint density at radius 1 is 1.53 bits per heavy atom. The molecule has 1 heterocycles. The van der Waals surface area contributed by atoms with E-state index in [4.69, 9.17) is 0 Å². The van der Waals surface area contributed by atoms with E-state index in [0.29, 0.717) is 16.5 Å². The van der Waals surface area contributed by atoms with Crippen molar-refractivity contribution in [3.05, 3.63) is 11.8 Å². The normalized spacial score (nSPS) is 9.87. The molecule has 0 bridgehead atoms. The summed E-state index contributed by atoms with van der Waals surface area (Å²) in [5, 5.41) is 3.54. The minimum absolute atomic E-state index is 0.105. The lowest BCUT2D eigenvalue weighted by Crippen LogP contribution is -2.23. The van der Waals surface area contributed by atoms with Crippen molar-refractivity contribution < 1.29 is 4.79 Å². The SMILES string of the molecule is CNc1nc(SC)ncc1C(=O)N(C)C. The monoisotopic (exact) mass is 226 g/mol. The molecule has 1 N–H and O–H groups in total. The molecule has 0 unspecified atom stereocenters. The van der Waals surface area contributed by atoms with Gasteiger partial charge in [0.05, 0.1) is 0 Å². The average Bonchev–Trinajstić information content (AvgIpc) is 2.27. The molecular weight excluding hydrogens is 212 g/mol. The van der Waals surface area contributed by atoms with Crippen molar-refractivity contribution in [2.75, 3.05) is 32.7 Å². The van der Waals surface area contributed by atoms with E-state index >= 15 is 0 Å². The van der Waals surface area contributed by atoms with Crippen LogP contribution in [0.15, 0.2) is 11.4 Å². The second kappa shape index (κ2) is 4.97. The Labute approximate surface area is 93.3 Å². The summed E-state index contributed by atoms with van der Waals surface area (Å²) in [5.41, 5.74) is 0.486. The third kappa shape index (κ3) is 2.59. The Bertz CT molecular complexity index is 367. The maximum atomic E-state index is 11.7. The molecule has 1 rings (SSSR count). The highest BCUT2D eigenvalue weighted by molar-refractivity contribution is 7.98. The molecule has 0 aliphatic heterocycles. The predicted molar refractivity (Wildman–Crippen MR) is 61.4 cm³/mol. The molecule has 1 aromatic heterocycles. The van der Waals surface area contributed by atoms with Crippen molar-refractivity contribution in [2.24, 2.45) is 0 Å². The number of aromatic nitrogens is 2. The number of amides is 1. The number of thioether (sulfide) groups is 1. The number of anilines is 1. The fourth-order valence-corrected chi connectivity index (χ4v) is 1.39. The molecule has 1 amide bonds. The van der Waals surface area contributed by atoms with Crippen LogP contribution in [-0.4, -0.2) is 48.2 Å². The Kier molecular flexibility index (Phi) is 3.90. The number of nitrogens with one attached hydrogen (secondary N) is 1. The molecule has 0 atom stereocenters. The zero-order valence-corrected chi connectivity index (χ0v) is 10.1. The van der Waals surface area contributed by atoms with Crippen LogP contribution in [0.1, 0.15) is 10.4 Å². The summed E-state index contributed by atoms with van der Waals surface area (Å²) in [6, 6.07) is 0. The van der Waals surface area contributed by atoms with Gasteiger partial charge in [0.25, 0.3) is 5.91 Å². The fraction of sp³-hybridized carbons (Fsp3) is 0.444. The first-order chi connectivity index (χ1) is 7.10. The molecule has 0 radical (unpaired) electrons. The topological polar surface area (TPSA) is 58.1 Å². The lowest BCUT2D eigenvalue weighted by atomic mass is 10.3. The van der Waals surface area contributed by atoms with E-state index in [-0.39, 0.29) is 5.91 Å². The van der Waals surface area contributed by atoms with Crippen molar-refractivity contribution >= 4 is 23.5 Å². The first kappa shape index (κ1) is 11.8. The van der Waals surface area contributed by atoms with Crippen LogP contribution in [0.4, 0.5) is 5.82 Å². The summed E-state index contributed by atoms with van der Waals surface area (Å²) in [6.45, 7) is 0. The zero-order valence-electron chi connectivity index (χ0n) is 9.24. The van der Waals surface area contributed by atoms with Gasteiger partial charge in [0, 0.05) is 27.3 Å². The molecular formula is C9H14N4OS. The molecule has 0 spiro atoms. The van der Waals surface area contributed by atoms with E-state index in [2.05, 4.69) is 15.3 Å². The van der Waals surface area contributed by atoms with Crippen LogP contribution >= 0.6 is 11.8 Å². The summed E-state index contributed by atoms with van der Waals surface area (Å²) in [6.07, 6.45) is 3.44. The zero-order chi connectivity index (χ0) is 11.4. The standard InChI is InChI=1S/C9H14N4OS/c1-10-7-6(8(14)13(2)3)5-11-9(12-7)15-4/h5H,1-4H3,(H,10,11,12). The van der Waals surface area contributed by atoms with E-state index in [9.17, 15) is 4.79 Å². The second-order valence-corrected chi connectivity index (χ2v) is 3.84. The van der Waals surface area contributed by atoms with Gasteiger partial charge in [-0.15, -0.1) is 0 Å². The Morgan fingerprint density at radius 2 is 2.20 bits per heavy atom. The summed E-state index contributed by atoms with van der Waals surface area (Å²) in [7, 11) is 5.13. The molecule has 0 fully saturated rings. The van der Waals surface area contributed by atoms with Crippen molar-refractivity contribution in [2.45, 2.75) is 5.16 Å². The molecule has 0 aromatic carbocycles. The van der Waals surface area contributed by atoms with Crippen LogP contribution in [0.25, 0.3) is 0 Å². The predicted octanol–water partition coefficient (Wildman–Crippen LogP) is 0.942. The van der Waals surface area contributed by atoms with Gasteiger partial charge in [-0.2, -0.15) is 0 Å². The second-order valence-electron chi connectivity index (χ2n) is 3.07. The minimum Gasteiger partial charge on any atom is -0.372 e. The molecule has 5 nitrogen and oxygen atoms in total. The molecule has 0 saturated heterocycles. The van der Waals surface area contributed by atoms with Crippen molar-refractivity contribution in [1.29, 1.82) is 0 Å². The summed E-state index contributed by atoms with van der Waals surface area (Å²) in [4.78, 5) is 21.5. The van der Waals surface area contributed by atoms with Gasteiger partial charge in [0.15, 0.2) is 5.16 Å². The number of hydrogen-bond acceptors (Lipinski definition) is 5. The molecule has 0 aliphatic carbocycles. The van der Waals surface area contributed by atoms with Crippen molar-refractivity contribution in [3.63, 3.8) is 0 Å². The van der Waals surface area contributed by atoms with Gasteiger partial charge < -0.3 is 10.2 Å². The maximum absolute atomic E-state index is 11.7. The molecule has 6 heteroatoms. The van der Waals surface area contributed by atoms with Crippen LogP contribution in [0.3, 0.4) is 0 Å². The largest absolute Gasteiger partial charge is 0.372 e. The van der Waals surface area contributed by atoms with Gasteiger partial charge in [-0.25, -0.2) is 9.97 Å². The smallest absolute Gasteiger partial charge is 0.258 e. The lowest BCUT2D eigenvalue weighted by Gasteiger charge is -2.12. The van der Waals surface area contributed by atoms with Gasteiger partial charge in [-0.05, 0) is 6.26 Å². The Balaban J connectivity index is 3.13. The molecule has 0 aliphatic rings. The van der Waals surface area contributed by atoms with Gasteiger partial charge in [0.2, 0.25) is 0 Å². The van der Waals surface area contributed by atoms with E-state index < -0.39 is 0 Å². The van der Waals surface area contributed by atoms with Gasteiger partial charge in [-0.3, -0.25) is 4.79 Å². The van der Waals surface area contributed by atoms with Crippen molar-refractivity contribution in [3.8, 4) is 0 Å². The highest BCUT2D eigenvalue weighted by atomic mass is 32.2. The highest BCUT2D eigenvalue weighted by Crippen LogP contribution is 2.16. The average molecular weight is 226 g/mol. The minimum atomic E-state index is -0.105. The van der Waals surface area contributed by atoms with Gasteiger partial charge in [0.1, 0.15) is 11.4 Å². The molecule has 1 aromatic rings. The van der Waals surface area contributed by atoms with Crippen LogP contribution in [0, 0.1) is 0 Å². The maximum Gasteiger partial charge on any atom is 0.258 e. The van der Waals surface area contributed by atoms with Crippen LogP contribution in [0.5, 0.6) is 0 Å². The Hall–Kier alpha value is -1.30. The van der Waals surface area contributed by atoms with E-state index in [1.807, 2.05) is 6.26 Å². The fourth-order valence-electron chi connectivity index (χ4n) is 1.05. The molecule has 82 valence electrons. The molecule has 15 heavy (non-hydrogen) atoms. The Morgan fingerprint density at radius 3 is 2.67 bits per heavy atom. The van der Waals surface area contributed by atoms with Crippen LogP contribution in [0.2, 0.25) is 0 Å². The quantitative estimate of drug-likeness (QED) is 0.614. The van der Waals surface area contributed by atoms with E-state index in [1.54, 1.807) is 27.3 Å². The number of carbonyl (C=O) groups is 1. The number of rotatable bonds is 3. The lowest BCUT2D eigenvalue weighted by molar-refractivity contribution is 0.0827. The molecule has 0 saturated carbocycles. The van der Waals surface area contributed by atoms with Crippen LogP contribution < -0.4 is 5.32 Å². The number of nitrogens with zero attached hydrogens (tertiary/aromatic N) is 3. The first-order valence-electron chi connectivity index (χ1n) is 4.40. The third-order valence-corrected chi connectivity index (χ3v) is 2.38. The third-order valence-electron chi connectivity index (χ3n) is 1.82. The summed E-state index contributed by atoms with van der Waals surface area (Å²) in [5.74, 6) is 0.458. The number of carbonyl (C=O) groups excluding carboxylic acids is 1. The number of hydrogen-bond donors (Lipinski definition) is 1. The van der Waals surface area contributed by atoms with E-state index in [1.165, 1.54) is 16.7 Å². The highest BCUT2D eigenvalue weighted by Gasteiger charge is 2.15. The van der Waals surface area contributed by atoms with Crippen LogP contribution in [-0.2, 0) is 0 Å². The van der Waals surface area contributed by atoms with Crippen molar-refractivity contribution in [1.82, 2.24) is 14.9 Å².